The Balaban J connectivity index is 1.67. The molecule has 1 fully saturated rings. The van der Waals surface area contributed by atoms with Gasteiger partial charge in [0.2, 0.25) is 0 Å². The standard InChI is InChI=1S/C19H20N4O3/c1-25-15-9-8-13(12-16(15)26-2)19(24)22-11-5-6-14(22)18-21-20-17-7-3-4-10-23(17)18/h3-4,7-10,12,14H,5-6,11H2,1-2H3/t14-/m0/s1. The smallest absolute Gasteiger partial charge is 0.254 e. The molecular weight excluding hydrogens is 332 g/mol. The number of rotatable bonds is 4. The average molecular weight is 352 g/mol. The zero-order chi connectivity index (χ0) is 18.1. The number of carbonyl (C=O) groups is 1. The number of amides is 1. The average Bonchev–Trinajstić information content (AvgIpc) is 3.33. The van der Waals surface area contributed by atoms with Crippen LogP contribution in [-0.4, -0.2) is 46.2 Å². The molecule has 0 bridgehead atoms. The highest BCUT2D eigenvalue weighted by molar-refractivity contribution is 5.95. The first-order valence-corrected chi connectivity index (χ1v) is 8.55. The maximum absolute atomic E-state index is 13.1. The number of methoxy groups -OCH3 is 2. The Morgan fingerprint density at radius 1 is 1.12 bits per heavy atom. The number of likely N-dealkylation sites (tertiary alicyclic amines) is 1. The Hall–Kier alpha value is -3.09. The minimum Gasteiger partial charge on any atom is -0.493 e. The fraction of sp³-hybridized carbons (Fsp3) is 0.316. The lowest BCUT2D eigenvalue weighted by Gasteiger charge is -2.24. The van der Waals surface area contributed by atoms with Gasteiger partial charge >= 0.3 is 0 Å². The number of nitrogens with zero attached hydrogens (tertiary/aromatic N) is 4. The molecule has 3 heterocycles. The zero-order valence-electron chi connectivity index (χ0n) is 14.8. The summed E-state index contributed by atoms with van der Waals surface area (Å²) >= 11 is 0. The molecule has 7 heteroatoms. The minimum atomic E-state index is -0.0898. The van der Waals surface area contributed by atoms with E-state index in [1.54, 1.807) is 32.4 Å². The van der Waals surface area contributed by atoms with E-state index in [0.29, 0.717) is 23.6 Å². The summed E-state index contributed by atoms with van der Waals surface area (Å²) in [6.45, 7) is 0.694. The van der Waals surface area contributed by atoms with Gasteiger partial charge in [0.1, 0.15) is 0 Å². The summed E-state index contributed by atoms with van der Waals surface area (Å²) in [6, 6.07) is 10.9. The molecule has 7 nitrogen and oxygen atoms in total. The van der Waals surface area contributed by atoms with Crippen molar-refractivity contribution in [2.45, 2.75) is 18.9 Å². The van der Waals surface area contributed by atoms with Crippen molar-refractivity contribution in [3.05, 3.63) is 54.0 Å². The van der Waals surface area contributed by atoms with Crippen LogP contribution >= 0.6 is 0 Å². The van der Waals surface area contributed by atoms with Crippen molar-refractivity contribution >= 4 is 11.6 Å². The molecule has 0 spiro atoms. The molecule has 0 unspecified atom stereocenters. The quantitative estimate of drug-likeness (QED) is 0.722. The van der Waals surface area contributed by atoms with E-state index in [-0.39, 0.29) is 11.9 Å². The first kappa shape index (κ1) is 16.4. The summed E-state index contributed by atoms with van der Waals surface area (Å²) in [6.07, 6.45) is 3.74. The van der Waals surface area contributed by atoms with Crippen molar-refractivity contribution in [2.75, 3.05) is 20.8 Å². The van der Waals surface area contributed by atoms with Crippen molar-refractivity contribution in [1.29, 1.82) is 0 Å². The van der Waals surface area contributed by atoms with Gasteiger partial charge in [0.05, 0.1) is 20.3 Å². The van der Waals surface area contributed by atoms with Crippen LogP contribution in [0.2, 0.25) is 0 Å². The summed E-state index contributed by atoms with van der Waals surface area (Å²) in [4.78, 5) is 15.0. The number of ether oxygens (including phenoxy) is 2. The summed E-state index contributed by atoms with van der Waals surface area (Å²) in [5.74, 6) is 1.90. The third-order valence-corrected chi connectivity index (χ3v) is 4.78. The van der Waals surface area contributed by atoms with Crippen LogP contribution < -0.4 is 9.47 Å². The Kier molecular flexibility index (Phi) is 4.20. The highest BCUT2D eigenvalue weighted by Gasteiger charge is 2.34. The number of benzene rings is 1. The lowest BCUT2D eigenvalue weighted by atomic mass is 10.1. The van der Waals surface area contributed by atoms with Gasteiger partial charge in [0.15, 0.2) is 23.0 Å². The molecular formula is C19H20N4O3. The van der Waals surface area contributed by atoms with E-state index >= 15 is 0 Å². The number of pyridine rings is 1. The first-order chi connectivity index (χ1) is 12.7. The van der Waals surface area contributed by atoms with Gasteiger partial charge in [-0.3, -0.25) is 9.20 Å². The molecule has 1 amide bonds. The molecule has 2 aromatic heterocycles. The lowest BCUT2D eigenvalue weighted by Crippen LogP contribution is -2.31. The molecule has 1 aliphatic heterocycles. The highest BCUT2D eigenvalue weighted by Crippen LogP contribution is 2.34. The van der Waals surface area contributed by atoms with E-state index in [0.717, 1.165) is 24.3 Å². The Morgan fingerprint density at radius 2 is 1.96 bits per heavy atom. The van der Waals surface area contributed by atoms with Gasteiger partial charge in [-0.15, -0.1) is 10.2 Å². The molecule has 26 heavy (non-hydrogen) atoms. The van der Waals surface area contributed by atoms with Crippen molar-refractivity contribution in [3.8, 4) is 11.5 Å². The van der Waals surface area contributed by atoms with Crippen LogP contribution in [0.25, 0.3) is 5.65 Å². The van der Waals surface area contributed by atoms with E-state index in [4.69, 9.17) is 9.47 Å². The maximum atomic E-state index is 13.1. The second-order valence-corrected chi connectivity index (χ2v) is 6.21. The molecule has 1 aliphatic rings. The largest absolute Gasteiger partial charge is 0.493 e. The second kappa shape index (κ2) is 6.67. The predicted molar refractivity (Wildman–Crippen MR) is 95.5 cm³/mol. The van der Waals surface area contributed by atoms with Gasteiger partial charge in [0, 0.05) is 18.3 Å². The first-order valence-electron chi connectivity index (χ1n) is 8.55. The molecule has 1 aromatic carbocycles. The normalized spacial score (nSPS) is 16.8. The maximum Gasteiger partial charge on any atom is 0.254 e. The van der Waals surface area contributed by atoms with Crippen LogP contribution in [0.1, 0.15) is 35.1 Å². The van der Waals surface area contributed by atoms with Crippen molar-refractivity contribution in [1.82, 2.24) is 19.5 Å². The predicted octanol–water partition coefficient (Wildman–Crippen LogP) is 2.72. The molecule has 0 saturated carbocycles. The van der Waals surface area contributed by atoms with Gasteiger partial charge in [0.25, 0.3) is 5.91 Å². The fourth-order valence-electron chi connectivity index (χ4n) is 3.50. The summed E-state index contributed by atoms with van der Waals surface area (Å²) in [5, 5.41) is 8.56. The van der Waals surface area contributed by atoms with Gasteiger partial charge in [-0.1, -0.05) is 6.07 Å². The third kappa shape index (κ3) is 2.65. The van der Waals surface area contributed by atoms with Crippen LogP contribution in [-0.2, 0) is 0 Å². The molecule has 1 saturated heterocycles. The summed E-state index contributed by atoms with van der Waals surface area (Å²) in [7, 11) is 3.14. The number of hydrogen-bond acceptors (Lipinski definition) is 5. The lowest BCUT2D eigenvalue weighted by molar-refractivity contribution is 0.0729. The summed E-state index contributed by atoms with van der Waals surface area (Å²) < 4.78 is 12.5. The topological polar surface area (TPSA) is 69.0 Å². The van der Waals surface area contributed by atoms with Crippen LogP contribution in [0.15, 0.2) is 42.6 Å². The number of fused-ring (bicyclic) bond motifs is 1. The van der Waals surface area contributed by atoms with Gasteiger partial charge in [-0.2, -0.15) is 0 Å². The number of carbonyl (C=O) groups excluding carboxylic acids is 1. The van der Waals surface area contributed by atoms with Crippen LogP contribution in [0.5, 0.6) is 11.5 Å². The van der Waals surface area contributed by atoms with E-state index in [1.165, 1.54) is 0 Å². The highest BCUT2D eigenvalue weighted by atomic mass is 16.5. The van der Waals surface area contributed by atoms with Gasteiger partial charge in [-0.25, -0.2) is 0 Å². The molecule has 1 atom stereocenters. The van der Waals surface area contributed by atoms with E-state index in [9.17, 15) is 4.79 Å². The van der Waals surface area contributed by atoms with Crippen molar-refractivity contribution < 1.29 is 14.3 Å². The Labute approximate surface area is 151 Å². The van der Waals surface area contributed by atoms with Crippen LogP contribution in [0.3, 0.4) is 0 Å². The zero-order valence-corrected chi connectivity index (χ0v) is 14.8. The molecule has 4 rings (SSSR count). The Bertz CT molecular complexity index is 953. The molecule has 3 aromatic rings. The summed E-state index contributed by atoms with van der Waals surface area (Å²) in [5.41, 5.74) is 1.36. The fourth-order valence-corrected chi connectivity index (χ4v) is 3.50. The van der Waals surface area contributed by atoms with Crippen molar-refractivity contribution in [3.63, 3.8) is 0 Å². The van der Waals surface area contributed by atoms with Crippen LogP contribution in [0.4, 0.5) is 0 Å². The van der Waals surface area contributed by atoms with Gasteiger partial charge in [-0.05, 0) is 43.2 Å². The third-order valence-electron chi connectivity index (χ3n) is 4.78. The van der Waals surface area contributed by atoms with E-state index < -0.39 is 0 Å². The number of aromatic nitrogens is 3. The van der Waals surface area contributed by atoms with Gasteiger partial charge < -0.3 is 14.4 Å². The molecule has 0 radical (unpaired) electrons. The Morgan fingerprint density at radius 3 is 2.77 bits per heavy atom. The molecule has 0 N–H and O–H groups in total. The molecule has 134 valence electrons. The monoisotopic (exact) mass is 352 g/mol. The minimum absolute atomic E-state index is 0.0406. The SMILES string of the molecule is COc1ccc(C(=O)N2CCC[C@H]2c2nnc3ccccn23)cc1OC. The molecule has 0 aliphatic carbocycles. The second-order valence-electron chi connectivity index (χ2n) is 6.21. The number of hydrogen-bond donors (Lipinski definition) is 0. The van der Waals surface area contributed by atoms with Crippen LogP contribution in [0, 0.1) is 0 Å². The van der Waals surface area contributed by atoms with Crippen molar-refractivity contribution in [2.24, 2.45) is 0 Å². The van der Waals surface area contributed by atoms with E-state index in [1.807, 2.05) is 33.7 Å². The van der Waals surface area contributed by atoms with E-state index in [2.05, 4.69) is 10.2 Å².